The van der Waals surface area contributed by atoms with E-state index in [0.717, 1.165) is 18.2 Å². The van der Waals surface area contributed by atoms with Crippen LogP contribution >= 0.6 is 0 Å². The maximum atomic E-state index is 14.9. The van der Waals surface area contributed by atoms with Gasteiger partial charge in [0.1, 0.15) is 29.3 Å². The highest BCUT2D eigenvalue weighted by Crippen LogP contribution is 2.47. The van der Waals surface area contributed by atoms with Crippen molar-refractivity contribution in [3.05, 3.63) is 82.9 Å². The second kappa shape index (κ2) is 12.2. The van der Waals surface area contributed by atoms with E-state index in [1.54, 1.807) is 26.1 Å². The Kier molecular flexibility index (Phi) is 8.43. The Morgan fingerprint density at radius 2 is 1.74 bits per heavy atom. The van der Waals surface area contributed by atoms with Crippen LogP contribution in [0.3, 0.4) is 0 Å². The summed E-state index contributed by atoms with van der Waals surface area (Å²) >= 11 is 0. The number of aryl methyl sites for hydroxylation is 1. The van der Waals surface area contributed by atoms with Gasteiger partial charge in [0.25, 0.3) is 5.91 Å². The number of nitrogens with one attached hydrogen (secondary N) is 3. The molecule has 2 aliphatic heterocycles. The molecule has 4 amide bonds. The minimum atomic E-state index is -5.42. The third-order valence-corrected chi connectivity index (χ3v) is 8.82. The van der Waals surface area contributed by atoms with Crippen molar-refractivity contribution in [1.82, 2.24) is 20.6 Å². The number of aromatic nitrogens is 2. The fraction of sp³-hybridized carbons (Fsp3) is 0.324. The largest absolute Gasteiger partial charge is 0.489 e. The summed E-state index contributed by atoms with van der Waals surface area (Å²) in [6.07, 6.45) is -3.87. The Labute approximate surface area is 282 Å². The number of carbonyl (C=O) groups is 3. The number of pyridine rings is 2. The summed E-state index contributed by atoms with van der Waals surface area (Å²) in [6.45, 7) is 3.75. The van der Waals surface area contributed by atoms with Crippen molar-refractivity contribution in [2.24, 2.45) is 5.73 Å². The quantitative estimate of drug-likeness (QED) is 0.172. The SMILES string of the molecule is Cc1cnc2c(NC(=O)NC3(C)COC3)cc(C(=O)NC[C@](O)(c3cc4c(c(-c5ccc(F)cc5)n3)OC[C@]4(C)C(N)=O)C(F)(F)F)cc2c1. The number of nitrogens with zero attached hydrogens (tertiary/aromatic N) is 2. The number of aliphatic hydroxyl groups is 1. The zero-order valence-electron chi connectivity index (χ0n) is 27.0. The fourth-order valence-corrected chi connectivity index (χ4v) is 5.74. The normalized spacial score (nSPS) is 19.0. The van der Waals surface area contributed by atoms with Crippen LogP contribution in [-0.2, 0) is 20.5 Å². The van der Waals surface area contributed by atoms with Gasteiger partial charge in [0.05, 0.1) is 42.2 Å². The number of hydrogen-bond acceptors (Lipinski definition) is 8. The van der Waals surface area contributed by atoms with Crippen LogP contribution in [0.1, 0.15) is 41.0 Å². The summed E-state index contributed by atoms with van der Waals surface area (Å²) in [5, 5.41) is 19.4. The van der Waals surface area contributed by atoms with Gasteiger partial charge >= 0.3 is 12.2 Å². The maximum absolute atomic E-state index is 14.9. The number of urea groups is 1. The van der Waals surface area contributed by atoms with Gasteiger partial charge in [0.15, 0.2) is 0 Å². The molecular formula is C34H32F4N6O6. The number of fused-ring (bicyclic) bond motifs is 2. The molecule has 0 radical (unpaired) electrons. The lowest BCUT2D eigenvalue weighted by Crippen LogP contribution is -2.60. The second-order valence-electron chi connectivity index (χ2n) is 13.0. The summed E-state index contributed by atoms with van der Waals surface area (Å²) in [5.41, 5.74) is -0.507. The average molecular weight is 697 g/mol. The van der Waals surface area contributed by atoms with Crippen LogP contribution < -0.4 is 26.4 Å². The Balaban J connectivity index is 1.37. The predicted molar refractivity (Wildman–Crippen MR) is 172 cm³/mol. The lowest BCUT2D eigenvalue weighted by atomic mass is 9.81. The molecule has 4 heterocycles. The first-order valence-corrected chi connectivity index (χ1v) is 15.3. The average Bonchev–Trinajstić information content (AvgIpc) is 3.39. The van der Waals surface area contributed by atoms with Crippen LogP contribution in [0.25, 0.3) is 22.2 Å². The first-order chi connectivity index (χ1) is 23.4. The first-order valence-electron chi connectivity index (χ1n) is 15.3. The van der Waals surface area contributed by atoms with Gasteiger partial charge < -0.3 is 36.3 Å². The Morgan fingerprint density at radius 3 is 2.36 bits per heavy atom. The third kappa shape index (κ3) is 6.15. The summed E-state index contributed by atoms with van der Waals surface area (Å²) in [4.78, 5) is 47.3. The Hall–Kier alpha value is -5.35. The molecule has 6 N–H and O–H groups in total. The molecule has 2 aromatic heterocycles. The van der Waals surface area contributed by atoms with E-state index in [1.807, 2.05) is 0 Å². The summed E-state index contributed by atoms with van der Waals surface area (Å²) in [6, 6.07) is 9.20. The number of nitrogens with two attached hydrogens (primary N) is 1. The Morgan fingerprint density at radius 1 is 1.04 bits per heavy atom. The number of ether oxygens (including phenoxy) is 2. The van der Waals surface area contributed by atoms with E-state index in [1.165, 1.54) is 31.2 Å². The molecule has 1 saturated heterocycles. The van der Waals surface area contributed by atoms with Crippen molar-refractivity contribution in [1.29, 1.82) is 0 Å². The molecule has 1 fully saturated rings. The van der Waals surface area contributed by atoms with Crippen molar-refractivity contribution in [3.8, 4) is 17.0 Å². The fourth-order valence-electron chi connectivity index (χ4n) is 5.74. The van der Waals surface area contributed by atoms with Crippen molar-refractivity contribution in [3.63, 3.8) is 0 Å². The molecule has 0 spiro atoms. The second-order valence-corrected chi connectivity index (χ2v) is 13.0. The van der Waals surface area contributed by atoms with Crippen molar-refractivity contribution < 1.29 is 46.5 Å². The van der Waals surface area contributed by atoms with Gasteiger partial charge in [-0.2, -0.15) is 13.2 Å². The van der Waals surface area contributed by atoms with E-state index in [9.17, 15) is 37.1 Å². The number of rotatable bonds is 8. The van der Waals surface area contributed by atoms with Gasteiger partial charge in [0.2, 0.25) is 11.5 Å². The smallest absolute Gasteiger partial charge is 0.424 e. The highest BCUT2D eigenvalue weighted by Gasteiger charge is 2.57. The molecule has 2 aliphatic rings. The van der Waals surface area contributed by atoms with Crippen LogP contribution in [0.5, 0.6) is 5.75 Å². The van der Waals surface area contributed by atoms with Crippen molar-refractivity contribution >= 4 is 34.4 Å². The lowest BCUT2D eigenvalue weighted by molar-refractivity contribution is -0.265. The molecule has 16 heteroatoms. The summed E-state index contributed by atoms with van der Waals surface area (Å²) in [5.74, 6) is -2.61. The van der Waals surface area contributed by atoms with E-state index < -0.39 is 58.6 Å². The number of anilines is 1. The first kappa shape index (κ1) is 34.5. The summed E-state index contributed by atoms with van der Waals surface area (Å²) < 4.78 is 69.2. The minimum absolute atomic E-state index is 0.0572. The van der Waals surface area contributed by atoms with Gasteiger partial charge in [-0.25, -0.2) is 14.2 Å². The van der Waals surface area contributed by atoms with Gasteiger partial charge in [-0.1, -0.05) is 0 Å². The molecule has 2 aromatic carbocycles. The molecule has 2 atom stereocenters. The molecule has 0 unspecified atom stereocenters. The topological polar surface area (TPSA) is 178 Å². The van der Waals surface area contributed by atoms with Gasteiger partial charge in [-0.15, -0.1) is 0 Å². The third-order valence-electron chi connectivity index (χ3n) is 8.82. The maximum Gasteiger partial charge on any atom is 0.424 e. The number of hydrogen-bond donors (Lipinski definition) is 5. The molecule has 0 aliphatic carbocycles. The minimum Gasteiger partial charge on any atom is -0.489 e. The number of alkyl halides is 3. The number of amides is 4. The molecule has 4 aromatic rings. The van der Waals surface area contributed by atoms with Crippen LogP contribution in [0.2, 0.25) is 0 Å². The highest BCUT2D eigenvalue weighted by atomic mass is 19.4. The standard InChI is InChI=1S/C34H32F4N6O6/c1-17-8-19-9-20(10-23(25(19)40-12-17)42-30(47)44-31(2)14-49-15-31)28(45)41-13-33(48,34(36,37)38)24-11-22-27(50-16-32(22,3)29(39)46)26(43-24)18-4-6-21(35)7-5-18/h4-12,48H,13-16H2,1-3H3,(H2,39,46)(H,41,45)(H2,42,44,47)/t32-,33-/m0/s1. The molecule has 0 bridgehead atoms. The van der Waals surface area contributed by atoms with E-state index in [-0.39, 0.29) is 40.4 Å². The number of primary amides is 1. The van der Waals surface area contributed by atoms with E-state index in [0.29, 0.717) is 29.7 Å². The molecule has 50 heavy (non-hydrogen) atoms. The Bertz CT molecular complexity index is 2040. The highest BCUT2D eigenvalue weighted by molar-refractivity contribution is 6.06. The zero-order chi connectivity index (χ0) is 36.2. The summed E-state index contributed by atoms with van der Waals surface area (Å²) in [7, 11) is 0. The molecule has 6 rings (SSSR count). The zero-order valence-corrected chi connectivity index (χ0v) is 27.0. The van der Waals surface area contributed by atoms with Crippen molar-refractivity contribution in [2.45, 2.75) is 43.5 Å². The lowest BCUT2D eigenvalue weighted by Gasteiger charge is -2.38. The van der Waals surface area contributed by atoms with Crippen LogP contribution in [0.15, 0.2) is 54.7 Å². The van der Waals surface area contributed by atoms with Crippen LogP contribution in [0, 0.1) is 12.7 Å². The molecule has 12 nitrogen and oxygen atoms in total. The van der Waals surface area contributed by atoms with Crippen molar-refractivity contribution in [2.75, 3.05) is 31.7 Å². The van der Waals surface area contributed by atoms with Gasteiger partial charge in [0, 0.05) is 28.3 Å². The van der Waals surface area contributed by atoms with E-state index in [2.05, 4.69) is 25.9 Å². The molecular weight excluding hydrogens is 664 g/mol. The van der Waals surface area contributed by atoms with E-state index >= 15 is 0 Å². The molecule has 0 saturated carbocycles. The predicted octanol–water partition coefficient (Wildman–Crippen LogP) is 3.97. The van der Waals surface area contributed by atoms with Gasteiger partial charge in [-0.3, -0.25) is 14.6 Å². The number of carbonyl (C=O) groups excluding carboxylic acids is 3. The van der Waals surface area contributed by atoms with E-state index in [4.69, 9.17) is 15.2 Å². The molecule has 262 valence electrons. The van der Waals surface area contributed by atoms with Gasteiger partial charge in [-0.05, 0) is 74.9 Å². The monoisotopic (exact) mass is 696 g/mol. The van der Waals surface area contributed by atoms with Crippen LogP contribution in [0.4, 0.5) is 28.0 Å². The van der Waals surface area contributed by atoms with Crippen LogP contribution in [-0.4, -0.2) is 71.0 Å². The number of benzene rings is 2. The number of halogens is 4.